The van der Waals surface area contributed by atoms with E-state index >= 15 is 0 Å². The van der Waals surface area contributed by atoms with E-state index in [2.05, 4.69) is 13.8 Å². The average molecular weight is 453 g/mol. The van der Waals surface area contributed by atoms with Crippen molar-refractivity contribution in [1.29, 1.82) is 0 Å². The molecule has 0 aliphatic carbocycles. The van der Waals surface area contributed by atoms with Crippen LogP contribution in [0.15, 0.2) is 0 Å². The molecule has 0 amide bonds. The Morgan fingerprint density at radius 3 is 1.27 bits per heavy atom. The summed E-state index contributed by atoms with van der Waals surface area (Å²) in [7, 11) is -4.98. The SMILES string of the molecule is CCCCCC(CC(=O)O)(C(=O)O)S(=O)(=O)O.CCCCCCCCCCCCC. The Morgan fingerprint density at radius 1 is 0.667 bits per heavy atom. The minimum absolute atomic E-state index is 0.218. The summed E-state index contributed by atoms with van der Waals surface area (Å²) in [5, 5.41) is 17.5. The molecule has 0 aliphatic heterocycles. The highest BCUT2D eigenvalue weighted by Gasteiger charge is 2.51. The molecular weight excluding hydrogens is 408 g/mol. The van der Waals surface area contributed by atoms with E-state index in [9.17, 15) is 18.0 Å². The molecule has 0 saturated carbocycles. The number of carbonyl (C=O) groups is 2. The Labute approximate surface area is 183 Å². The average Bonchev–Trinajstić information content (AvgIpc) is 2.65. The molecule has 1 atom stereocenters. The van der Waals surface area contributed by atoms with Crippen molar-refractivity contribution in [2.75, 3.05) is 0 Å². The van der Waals surface area contributed by atoms with E-state index in [4.69, 9.17) is 14.8 Å². The highest BCUT2D eigenvalue weighted by molar-refractivity contribution is 7.88. The summed E-state index contributed by atoms with van der Waals surface area (Å²) >= 11 is 0. The predicted octanol–water partition coefficient (Wildman–Crippen LogP) is 6.07. The lowest BCUT2D eigenvalue weighted by Gasteiger charge is -2.24. The summed E-state index contributed by atoms with van der Waals surface area (Å²) < 4.78 is 28.6. The smallest absolute Gasteiger partial charge is 0.328 e. The van der Waals surface area contributed by atoms with Crippen LogP contribution >= 0.6 is 0 Å². The van der Waals surface area contributed by atoms with Gasteiger partial charge in [0.1, 0.15) is 0 Å². The van der Waals surface area contributed by atoms with Crippen LogP contribution in [-0.4, -0.2) is 39.9 Å². The predicted molar refractivity (Wildman–Crippen MR) is 120 cm³/mol. The van der Waals surface area contributed by atoms with Gasteiger partial charge in [-0.15, -0.1) is 0 Å². The molecule has 30 heavy (non-hydrogen) atoms. The third-order valence-corrected chi connectivity index (χ3v) is 6.72. The fourth-order valence-corrected chi connectivity index (χ4v) is 4.17. The van der Waals surface area contributed by atoms with Gasteiger partial charge >= 0.3 is 11.9 Å². The molecule has 180 valence electrons. The normalized spacial score (nSPS) is 13.2. The van der Waals surface area contributed by atoms with E-state index < -0.39 is 39.6 Å². The number of carboxylic acids is 2. The number of unbranched alkanes of at least 4 members (excludes halogenated alkanes) is 12. The monoisotopic (exact) mass is 452 g/mol. The molecule has 0 aliphatic rings. The second-order valence-corrected chi connectivity index (χ2v) is 9.72. The van der Waals surface area contributed by atoms with E-state index in [0.717, 1.165) is 0 Å². The Balaban J connectivity index is 0. The van der Waals surface area contributed by atoms with Gasteiger partial charge in [-0.2, -0.15) is 8.42 Å². The molecule has 0 saturated heterocycles. The summed E-state index contributed by atoms with van der Waals surface area (Å²) in [4.78, 5) is 21.6. The Hall–Kier alpha value is -1.15. The van der Waals surface area contributed by atoms with Crippen molar-refractivity contribution in [2.24, 2.45) is 0 Å². The Bertz CT molecular complexity index is 536. The minimum Gasteiger partial charge on any atom is -0.481 e. The lowest BCUT2D eigenvalue weighted by Crippen LogP contribution is -2.48. The molecule has 7 nitrogen and oxygen atoms in total. The number of hydrogen-bond donors (Lipinski definition) is 3. The molecule has 0 spiro atoms. The van der Waals surface area contributed by atoms with Gasteiger partial charge in [-0.25, -0.2) is 0 Å². The quantitative estimate of drug-likeness (QED) is 0.170. The number of hydrogen-bond acceptors (Lipinski definition) is 4. The van der Waals surface area contributed by atoms with Crippen LogP contribution in [0.25, 0.3) is 0 Å². The fraction of sp³-hybridized carbons (Fsp3) is 0.909. The van der Waals surface area contributed by atoms with E-state index in [1.165, 1.54) is 70.6 Å². The van der Waals surface area contributed by atoms with E-state index in [1.807, 2.05) is 6.92 Å². The lowest BCUT2D eigenvalue weighted by molar-refractivity contribution is -0.147. The fourth-order valence-electron chi connectivity index (χ4n) is 3.24. The van der Waals surface area contributed by atoms with E-state index in [1.54, 1.807) is 0 Å². The van der Waals surface area contributed by atoms with E-state index in [-0.39, 0.29) is 6.42 Å². The van der Waals surface area contributed by atoms with Crippen molar-refractivity contribution in [3.8, 4) is 0 Å². The molecule has 0 aromatic heterocycles. The zero-order valence-corrected chi connectivity index (χ0v) is 20.0. The van der Waals surface area contributed by atoms with Crippen LogP contribution in [0.4, 0.5) is 0 Å². The van der Waals surface area contributed by atoms with Crippen molar-refractivity contribution >= 4 is 22.1 Å². The molecule has 0 rings (SSSR count). The highest BCUT2D eigenvalue weighted by atomic mass is 32.2. The van der Waals surface area contributed by atoms with Crippen molar-refractivity contribution in [2.45, 2.75) is 128 Å². The van der Waals surface area contributed by atoms with Crippen LogP contribution < -0.4 is 0 Å². The van der Waals surface area contributed by atoms with Crippen molar-refractivity contribution in [3.63, 3.8) is 0 Å². The molecule has 0 aromatic carbocycles. The van der Waals surface area contributed by atoms with E-state index in [0.29, 0.717) is 12.8 Å². The van der Waals surface area contributed by atoms with Gasteiger partial charge in [-0.1, -0.05) is 111 Å². The van der Waals surface area contributed by atoms with Gasteiger partial charge < -0.3 is 10.2 Å². The molecule has 0 radical (unpaired) electrons. The molecule has 0 aromatic rings. The maximum absolute atomic E-state index is 11.1. The second kappa shape index (κ2) is 18.6. The first-order valence-corrected chi connectivity index (χ1v) is 12.9. The van der Waals surface area contributed by atoms with Gasteiger partial charge in [-0.3, -0.25) is 14.1 Å². The Kier molecular flexibility index (Phi) is 19.2. The van der Waals surface area contributed by atoms with Gasteiger partial charge in [-0.05, 0) is 6.42 Å². The van der Waals surface area contributed by atoms with Crippen LogP contribution in [0.2, 0.25) is 0 Å². The molecule has 0 heterocycles. The zero-order chi connectivity index (χ0) is 23.5. The summed E-state index contributed by atoms with van der Waals surface area (Å²) in [5.41, 5.74) is 0. The second-order valence-electron chi connectivity index (χ2n) is 7.98. The molecule has 3 N–H and O–H groups in total. The summed E-state index contributed by atoms with van der Waals surface area (Å²) in [6.45, 7) is 6.39. The topological polar surface area (TPSA) is 129 Å². The van der Waals surface area contributed by atoms with Crippen molar-refractivity contribution in [3.05, 3.63) is 0 Å². The van der Waals surface area contributed by atoms with Crippen LogP contribution in [-0.2, 0) is 19.7 Å². The van der Waals surface area contributed by atoms with Crippen LogP contribution in [0.3, 0.4) is 0 Å². The van der Waals surface area contributed by atoms with Gasteiger partial charge in [0.25, 0.3) is 10.1 Å². The van der Waals surface area contributed by atoms with Crippen LogP contribution in [0.5, 0.6) is 0 Å². The lowest BCUT2D eigenvalue weighted by atomic mass is 9.97. The Morgan fingerprint density at radius 2 is 1.00 bits per heavy atom. The third-order valence-electron chi connectivity index (χ3n) is 5.21. The molecule has 0 bridgehead atoms. The first-order valence-electron chi connectivity index (χ1n) is 11.5. The van der Waals surface area contributed by atoms with Crippen LogP contribution in [0, 0.1) is 0 Å². The molecule has 8 heteroatoms. The summed E-state index contributed by atoms with van der Waals surface area (Å²) in [5.74, 6) is -3.42. The number of aliphatic carboxylic acids is 2. The molecule has 0 fully saturated rings. The zero-order valence-electron chi connectivity index (χ0n) is 19.2. The maximum Gasteiger partial charge on any atom is 0.328 e. The van der Waals surface area contributed by atoms with Gasteiger partial charge in [0, 0.05) is 0 Å². The van der Waals surface area contributed by atoms with Gasteiger partial charge in [0.15, 0.2) is 0 Å². The van der Waals surface area contributed by atoms with Crippen molar-refractivity contribution in [1.82, 2.24) is 0 Å². The number of rotatable bonds is 18. The first kappa shape index (κ1) is 31.0. The highest BCUT2D eigenvalue weighted by Crippen LogP contribution is 2.28. The molecule has 1 unspecified atom stereocenters. The minimum atomic E-state index is -4.98. The van der Waals surface area contributed by atoms with Crippen LogP contribution in [0.1, 0.15) is 124 Å². The van der Waals surface area contributed by atoms with Gasteiger partial charge in [0.05, 0.1) is 6.42 Å². The summed E-state index contributed by atoms with van der Waals surface area (Å²) in [6, 6.07) is 0. The van der Waals surface area contributed by atoms with Gasteiger partial charge in [0.2, 0.25) is 4.75 Å². The largest absolute Gasteiger partial charge is 0.481 e. The first-order chi connectivity index (χ1) is 14.1. The standard InChI is InChI=1S/C13H28.C9H16O7S/c1-3-5-7-9-11-13-12-10-8-6-4-2;1-2-3-4-5-9(8(12)13,6-7(10)11)17(14,15)16/h3-13H2,1-2H3;2-6H2,1H3,(H,10,11)(H,12,13)(H,14,15,16). The molecular formula is C22H44O7S. The summed E-state index contributed by atoms with van der Waals surface area (Å²) in [6.07, 6.45) is 15.9. The third kappa shape index (κ3) is 14.8. The number of carboxylic acid groups (broad SMARTS) is 2. The van der Waals surface area contributed by atoms with Crippen molar-refractivity contribution < 1.29 is 32.8 Å². The maximum atomic E-state index is 11.1.